The summed E-state index contributed by atoms with van der Waals surface area (Å²) in [5.41, 5.74) is 1.49. The van der Waals surface area contributed by atoms with Crippen LogP contribution >= 0.6 is 23.2 Å². The third kappa shape index (κ3) is 3.44. The molecule has 3 aromatic rings. The molecule has 0 unspecified atom stereocenters. The molecule has 3 rings (SSSR count). The van der Waals surface area contributed by atoms with Crippen LogP contribution in [0.15, 0.2) is 59.5 Å². The predicted molar refractivity (Wildman–Crippen MR) is 96.0 cm³/mol. The number of hydrogen-bond donors (Lipinski definition) is 1. The second-order valence-corrected chi connectivity index (χ2v) is 7.74. The van der Waals surface area contributed by atoms with Crippen molar-refractivity contribution in [3.63, 3.8) is 0 Å². The van der Waals surface area contributed by atoms with Crippen molar-refractivity contribution in [1.82, 2.24) is 0 Å². The number of aryl methyl sites for hydroxylation is 1. The van der Waals surface area contributed by atoms with E-state index in [4.69, 9.17) is 23.2 Å². The minimum atomic E-state index is -3.70. The molecule has 0 aromatic heterocycles. The fraction of sp³-hybridized carbons (Fsp3) is 0.0588. The van der Waals surface area contributed by atoms with Crippen LogP contribution in [0.3, 0.4) is 0 Å². The molecular weight excluding hydrogens is 353 g/mol. The summed E-state index contributed by atoms with van der Waals surface area (Å²) in [5.74, 6) is 0. The van der Waals surface area contributed by atoms with Crippen LogP contribution in [0.4, 0.5) is 5.69 Å². The zero-order valence-electron chi connectivity index (χ0n) is 12.2. The molecule has 1 N–H and O–H groups in total. The lowest BCUT2D eigenvalue weighted by molar-refractivity contribution is 0.601. The lowest BCUT2D eigenvalue weighted by Gasteiger charge is -2.10. The summed E-state index contributed by atoms with van der Waals surface area (Å²) in [6, 6.07) is 15.5. The van der Waals surface area contributed by atoms with E-state index in [1.807, 2.05) is 25.1 Å². The normalized spacial score (nSPS) is 11.6. The van der Waals surface area contributed by atoms with E-state index in [9.17, 15) is 8.42 Å². The van der Waals surface area contributed by atoms with Gasteiger partial charge in [-0.05, 0) is 48.0 Å². The molecule has 0 radical (unpaired) electrons. The van der Waals surface area contributed by atoms with E-state index >= 15 is 0 Å². The van der Waals surface area contributed by atoms with E-state index in [1.165, 1.54) is 6.07 Å². The summed E-state index contributed by atoms with van der Waals surface area (Å²) in [5, 5.41) is 2.53. The predicted octanol–water partition coefficient (Wildman–Crippen LogP) is 5.26. The van der Waals surface area contributed by atoms with E-state index in [0.29, 0.717) is 15.7 Å². The molecule has 6 heteroatoms. The van der Waals surface area contributed by atoms with Gasteiger partial charge in [0.1, 0.15) is 0 Å². The fourth-order valence-corrected chi connectivity index (χ4v) is 3.67. The monoisotopic (exact) mass is 365 g/mol. The Morgan fingerprint density at radius 1 is 0.826 bits per heavy atom. The Morgan fingerprint density at radius 2 is 1.52 bits per heavy atom. The highest BCUT2D eigenvalue weighted by Gasteiger charge is 2.15. The number of sulfonamides is 1. The van der Waals surface area contributed by atoms with Gasteiger partial charge >= 0.3 is 0 Å². The van der Waals surface area contributed by atoms with Crippen molar-refractivity contribution < 1.29 is 8.42 Å². The maximum Gasteiger partial charge on any atom is 0.261 e. The molecule has 0 atom stereocenters. The van der Waals surface area contributed by atoms with Gasteiger partial charge in [0.05, 0.1) is 20.6 Å². The summed E-state index contributed by atoms with van der Waals surface area (Å²) in [7, 11) is -3.70. The summed E-state index contributed by atoms with van der Waals surface area (Å²) in [4.78, 5) is 0.194. The molecule has 118 valence electrons. The van der Waals surface area contributed by atoms with Crippen molar-refractivity contribution in [2.24, 2.45) is 0 Å². The smallest absolute Gasteiger partial charge is 0.261 e. The van der Waals surface area contributed by atoms with E-state index in [0.717, 1.165) is 16.3 Å². The molecule has 3 nitrogen and oxygen atoms in total. The Hall–Kier alpha value is -1.75. The zero-order chi connectivity index (χ0) is 16.6. The first-order valence-electron chi connectivity index (χ1n) is 6.83. The maximum atomic E-state index is 12.5. The van der Waals surface area contributed by atoms with E-state index < -0.39 is 10.0 Å². The van der Waals surface area contributed by atoms with Crippen LogP contribution in [0.2, 0.25) is 10.0 Å². The highest BCUT2D eigenvalue weighted by molar-refractivity contribution is 7.92. The van der Waals surface area contributed by atoms with Gasteiger partial charge in [-0.3, -0.25) is 4.72 Å². The quantitative estimate of drug-likeness (QED) is 0.688. The number of nitrogens with one attached hydrogen (secondary N) is 1. The maximum absolute atomic E-state index is 12.5. The number of hydrogen-bond acceptors (Lipinski definition) is 2. The van der Waals surface area contributed by atoms with E-state index in [2.05, 4.69) is 4.72 Å². The van der Waals surface area contributed by atoms with E-state index in [1.54, 1.807) is 30.3 Å². The van der Waals surface area contributed by atoms with Gasteiger partial charge in [-0.2, -0.15) is 0 Å². The molecule has 0 bridgehead atoms. The minimum Gasteiger partial charge on any atom is -0.280 e. The zero-order valence-corrected chi connectivity index (χ0v) is 14.5. The summed E-state index contributed by atoms with van der Waals surface area (Å²) in [6.07, 6.45) is 0. The van der Waals surface area contributed by atoms with Crippen LogP contribution in [0.5, 0.6) is 0 Å². The van der Waals surface area contributed by atoms with Gasteiger partial charge in [-0.25, -0.2) is 8.42 Å². The van der Waals surface area contributed by atoms with Crippen molar-refractivity contribution in [3.8, 4) is 0 Å². The highest BCUT2D eigenvalue weighted by atomic mass is 35.5. The second kappa shape index (κ2) is 6.04. The van der Waals surface area contributed by atoms with Crippen LogP contribution in [-0.4, -0.2) is 8.42 Å². The molecule has 0 aliphatic carbocycles. The van der Waals surface area contributed by atoms with Crippen LogP contribution in [0, 0.1) is 6.92 Å². The first-order valence-corrected chi connectivity index (χ1v) is 9.07. The largest absolute Gasteiger partial charge is 0.280 e. The number of benzene rings is 3. The van der Waals surface area contributed by atoms with Gasteiger partial charge in [0, 0.05) is 0 Å². The average Bonchev–Trinajstić information content (AvgIpc) is 2.50. The standard InChI is InChI=1S/C17H13Cl2NO2S/c1-11-2-3-13-9-15(6-4-12(13)8-11)23(21,22)20-14-5-7-16(18)17(19)10-14/h2-10,20H,1H3. The van der Waals surface area contributed by atoms with Gasteiger partial charge in [0.25, 0.3) is 10.0 Å². The molecule has 0 aliphatic rings. The van der Waals surface area contributed by atoms with Crippen molar-refractivity contribution >= 4 is 49.7 Å². The van der Waals surface area contributed by atoms with Crippen molar-refractivity contribution in [2.75, 3.05) is 4.72 Å². The molecule has 23 heavy (non-hydrogen) atoms. The molecule has 0 fully saturated rings. The van der Waals surface area contributed by atoms with Crippen molar-refractivity contribution in [2.45, 2.75) is 11.8 Å². The van der Waals surface area contributed by atoms with Crippen molar-refractivity contribution in [3.05, 3.63) is 70.2 Å². The molecular formula is C17H13Cl2NO2S. The summed E-state index contributed by atoms with van der Waals surface area (Å²) in [6.45, 7) is 2.00. The first kappa shape index (κ1) is 16.1. The van der Waals surface area contributed by atoms with Crippen LogP contribution < -0.4 is 4.72 Å². The number of halogens is 2. The SMILES string of the molecule is Cc1ccc2cc(S(=O)(=O)Nc3ccc(Cl)c(Cl)c3)ccc2c1. The molecule has 0 aliphatic heterocycles. The lowest BCUT2D eigenvalue weighted by Crippen LogP contribution is -2.12. The summed E-state index contributed by atoms with van der Waals surface area (Å²) < 4.78 is 27.6. The van der Waals surface area contributed by atoms with Gasteiger partial charge < -0.3 is 0 Å². The first-order chi connectivity index (χ1) is 10.8. The number of rotatable bonds is 3. The Kier molecular flexibility index (Phi) is 4.23. The number of fused-ring (bicyclic) bond motifs is 1. The van der Waals surface area contributed by atoms with Gasteiger partial charge in [-0.15, -0.1) is 0 Å². The molecule has 0 amide bonds. The Balaban J connectivity index is 1.98. The Bertz CT molecular complexity index is 1000. The van der Waals surface area contributed by atoms with Crippen LogP contribution in [0.1, 0.15) is 5.56 Å². The van der Waals surface area contributed by atoms with Gasteiger partial charge in [0.2, 0.25) is 0 Å². The topological polar surface area (TPSA) is 46.2 Å². The minimum absolute atomic E-state index is 0.194. The van der Waals surface area contributed by atoms with Crippen LogP contribution in [-0.2, 0) is 10.0 Å². The Morgan fingerprint density at radius 3 is 2.26 bits per heavy atom. The molecule has 0 heterocycles. The molecule has 0 spiro atoms. The lowest BCUT2D eigenvalue weighted by atomic mass is 10.1. The fourth-order valence-electron chi connectivity index (χ4n) is 2.28. The van der Waals surface area contributed by atoms with Crippen molar-refractivity contribution in [1.29, 1.82) is 0 Å². The molecule has 3 aromatic carbocycles. The highest BCUT2D eigenvalue weighted by Crippen LogP contribution is 2.27. The average molecular weight is 366 g/mol. The summed E-state index contributed by atoms with van der Waals surface area (Å²) >= 11 is 11.8. The number of anilines is 1. The van der Waals surface area contributed by atoms with Gasteiger partial charge in [0.15, 0.2) is 0 Å². The van der Waals surface area contributed by atoms with Gasteiger partial charge in [-0.1, -0.05) is 53.0 Å². The second-order valence-electron chi connectivity index (χ2n) is 5.25. The van der Waals surface area contributed by atoms with Crippen LogP contribution in [0.25, 0.3) is 10.8 Å². The Labute approximate surface area is 144 Å². The molecule has 0 saturated heterocycles. The third-order valence-corrected chi connectivity index (χ3v) is 5.57. The van der Waals surface area contributed by atoms with E-state index in [-0.39, 0.29) is 4.90 Å². The molecule has 0 saturated carbocycles. The third-order valence-electron chi connectivity index (χ3n) is 3.45.